The average Bonchev–Trinajstić information content (AvgIpc) is 3.00. The van der Waals surface area contributed by atoms with Crippen molar-refractivity contribution in [3.8, 4) is 0 Å². The number of aromatic nitrogens is 2. The van der Waals surface area contributed by atoms with Crippen molar-refractivity contribution in [3.05, 3.63) is 12.3 Å². The van der Waals surface area contributed by atoms with Gasteiger partial charge in [-0.2, -0.15) is 5.10 Å². The smallest absolute Gasteiger partial charge is 0.312 e. The number of carbonyl (C=O) groups is 2. The molecule has 1 aromatic heterocycles. The van der Waals surface area contributed by atoms with Crippen LogP contribution in [-0.4, -0.2) is 32.6 Å². The molecule has 6 nitrogen and oxygen atoms in total. The van der Waals surface area contributed by atoms with Crippen molar-refractivity contribution in [2.75, 3.05) is 5.32 Å². The van der Waals surface area contributed by atoms with Gasteiger partial charge in [-0.1, -0.05) is 0 Å². The number of halogens is 1. The quantitative estimate of drug-likeness (QED) is 0.608. The van der Waals surface area contributed by atoms with E-state index in [-0.39, 0.29) is 22.8 Å². The van der Waals surface area contributed by atoms with Crippen LogP contribution >= 0.6 is 11.6 Å². The molecule has 0 aliphatic heterocycles. The molecule has 148 valence electrons. The molecule has 7 heteroatoms. The molecule has 27 heavy (non-hydrogen) atoms. The van der Waals surface area contributed by atoms with E-state index in [2.05, 4.69) is 10.4 Å². The molecule has 0 aromatic carbocycles. The van der Waals surface area contributed by atoms with Crippen molar-refractivity contribution in [2.45, 2.75) is 76.3 Å². The Morgan fingerprint density at radius 3 is 2.52 bits per heavy atom. The Hall–Kier alpha value is -1.56. The van der Waals surface area contributed by atoms with Gasteiger partial charge >= 0.3 is 5.97 Å². The number of nitrogens with zero attached hydrogens (tertiary/aromatic N) is 2. The van der Waals surface area contributed by atoms with E-state index in [0.29, 0.717) is 24.1 Å². The highest BCUT2D eigenvalue weighted by Crippen LogP contribution is 2.64. The van der Waals surface area contributed by atoms with Crippen molar-refractivity contribution in [1.29, 1.82) is 0 Å². The lowest BCUT2D eigenvalue weighted by Gasteiger charge is -2.58. The fraction of sp³-hybridized carbons (Fsp3) is 0.750. The van der Waals surface area contributed by atoms with Crippen molar-refractivity contribution >= 4 is 29.3 Å². The lowest BCUT2D eigenvalue weighted by atomic mass is 9.49. The van der Waals surface area contributed by atoms with E-state index in [1.54, 1.807) is 23.9 Å². The second-order valence-electron chi connectivity index (χ2n) is 9.18. The molecule has 0 spiro atoms. The molecule has 4 aliphatic rings. The molecule has 5 rings (SSSR count). The number of nitrogens with one attached hydrogen (secondary N) is 1. The number of rotatable bonds is 5. The number of carbonyl (C=O) groups excluding carboxylic acids is 2. The normalized spacial score (nSPS) is 35.3. The summed E-state index contributed by atoms with van der Waals surface area (Å²) >= 11 is 6.81. The number of hydrogen-bond donors (Lipinski definition) is 1. The van der Waals surface area contributed by atoms with E-state index in [0.717, 1.165) is 25.7 Å². The Morgan fingerprint density at radius 2 is 1.93 bits per heavy atom. The number of alkyl halides is 1. The monoisotopic (exact) mass is 393 g/mol. The minimum absolute atomic E-state index is 0.125. The Morgan fingerprint density at radius 1 is 1.26 bits per heavy atom. The fourth-order valence-electron chi connectivity index (χ4n) is 5.78. The fourth-order valence-corrected chi connectivity index (χ4v) is 6.47. The van der Waals surface area contributed by atoms with E-state index in [1.807, 2.05) is 13.8 Å². The molecule has 4 bridgehead atoms. The molecule has 5 atom stereocenters. The third kappa shape index (κ3) is 3.37. The lowest BCUT2D eigenvalue weighted by molar-refractivity contribution is -0.176. The molecule has 1 aromatic rings. The highest BCUT2D eigenvalue weighted by Gasteiger charge is 2.61. The first-order chi connectivity index (χ1) is 12.7. The summed E-state index contributed by atoms with van der Waals surface area (Å²) in [5.74, 6) is 1.05. The molecule has 2 unspecified atom stereocenters. The zero-order valence-corrected chi connectivity index (χ0v) is 17.0. The standard InChI is InChI=1S/C20H28ClN3O3/c1-12(2)24-16(4-5-22-24)23-17(25)13(3)27-18(26)19-7-14-6-15(8-19)10-20(21,9-14)11-19/h4-5,12-15H,6-11H2,1-3H3,(H,23,25)/t13-,14-,15+,19?,20?/m1/s1. The lowest BCUT2D eigenvalue weighted by Crippen LogP contribution is -2.57. The Balaban J connectivity index is 1.42. The number of anilines is 1. The second-order valence-corrected chi connectivity index (χ2v) is 9.99. The third-order valence-corrected chi connectivity index (χ3v) is 6.93. The average molecular weight is 394 g/mol. The van der Waals surface area contributed by atoms with Gasteiger partial charge in [0.2, 0.25) is 0 Å². The van der Waals surface area contributed by atoms with Gasteiger partial charge in [-0.15, -0.1) is 11.6 Å². The molecule has 4 aliphatic carbocycles. The molecule has 1 heterocycles. The van der Waals surface area contributed by atoms with Crippen LogP contribution in [0.5, 0.6) is 0 Å². The Bertz CT molecular complexity index is 745. The van der Waals surface area contributed by atoms with Gasteiger partial charge in [0.1, 0.15) is 5.82 Å². The molecular weight excluding hydrogens is 366 g/mol. The van der Waals surface area contributed by atoms with Gasteiger partial charge < -0.3 is 10.1 Å². The molecule has 1 amide bonds. The minimum atomic E-state index is -0.854. The molecule has 1 N–H and O–H groups in total. The van der Waals surface area contributed by atoms with Crippen LogP contribution in [0.3, 0.4) is 0 Å². The molecule has 0 radical (unpaired) electrons. The topological polar surface area (TPSA) is 73.2 Å². The van der Waals surface area contributed by atoms with Crippen LogP contribution in [0.15, 0.2) is 12.3 Å². The maximum absolute atomic E-state index is 13.1. The van der Waals surface area contributed by atoms with Crippen molar-refractivity contribution < 1.29 is 14.3 Å². The van der Waals surface area contributed by atoms with Crippen LogP contribution in [0.2, 0.25) is 0 Å². The molecular formula is C20H28ClN3O3. The summed E-state index contributed by atoms with van der Waals surface area (Å²) in [7, 11) is 0. The van der Waals surface area contributed by atoms with Gasteiger partial charge in [0.15, 0.2) is 6.10 Å². The zero-order valence-electron chi connectivity index (χ0n) is 16.2. The summed E-state index contributed by atoms with van der Waals surface area (Å²) in [6.45, 7) is 5.60. The summed E-state index contributed by atoms with van der Waals surface area (Å²) in [4.78, 5) is 25.4. The summed E-state index contributed by atoms with van der Waals surface area (Å²) in [6, 6.07) is 1.86. The number of ether oxygens (including phenoxy) is 1. The van der Waals surface area contributed by atoms with Crippen LogP contribution in [0, 0.1) is 17.3 Å². The highest BCUT2D eigenvalue weighted by molar-refractivity contribution is 6.24. The predicted octanol–water partition coefficient (Wildman–Crippen LogP) is 3.91. The summed E-state index contributed by atoms with van der Waals surface area (Å²) in [5, 5.41) is 7.02. The van der Waals surface area contributed by atoms with Gasteiger partial charge in [-0.05, 0) is 71.1 Å². The first-order valence-electron chi connectivity index (χ1n) is 9.94. The van der Waals surface area contributed by atoms with Gasteiger partial charge in [0.25, 0.3) is 5.91 Å². The van der Waals surface area contributed by atoms with E-state index in [4.69, 9.17) is 16.3 Å². The third-order valence-electron chi connectivity index (χ3n) is 6.49. The first kappa shape index (κ1) is 18.8. The molecule has 0 saturated heterocycles. The van der Waals surface area contributed by atoms with Crippen molar-refractivity contribution in [1.82, 2.24) is 9.78 Å². The maximum Gasteiger partial charge on any atom is 0.312 e. The largest absolute Gasteiger partial charge is 0.452 e. The van der Waals surface area contributed by atoms with Gasteiger partial charge in [-0.25, -0.2) is 4.68 Å². The number of hydrogen-bond acceptors (Lipinski definition) is 4. The summed E-state index contributed by atoms with van der Waals surface area (Å²) in [6.07, 6.45) is 6.37. The van der Waals surface area contributed by atoms with Gasteiger partial charge in [0.05, 0.1) is 11.6 Å². The van der Waals surface area contributed by atoms with Gasteiger partial charge in [-0.3, -0.25) is 9.59 Å². The van der Waals surface area contributed by atoms with Crippen LogP contribution < -0.4 is 5.32 Å². The number of amides is 1. The van der Waals surface area contributed by atoms with Crippen LogP contribution in [0.1, 0.15) is 65.3 Å². The predicted molar refractivity (Wildman–Crippen MR) is 102 cm³/mol. The van der Waals surface area contributed by atoms with Crippen molar-refractivity contribution in [2.24, 2.45) is 17.3 Å². The Kier molecular flexibility index (Phi) is 4.53. The summed E-state index contributed by atoms with van der Waals surface area (Å²) in [5.41, 5.74) is -0.500. The van der Waals surface area contributed by atoms with Gasteiger partial charge in [0, 0.05) is 17.0 Å². The van der Waals surface area contributed by atoms with Crippen LogP contribution in [-0.2, 0) is 14.3 Å². The molecule has 4 fully saturated rings. The first-order valence-corrected chi connectivity index (χ1v) is 10.3. The van der Waals surface area contributed by atoms with E-state index in [9.17, 15) is 9.59 Å². The van der Waals surface area contributed by atoms with Crippen LogP contribution in [0.4, 0.5) is 5.82 Å². The summed E-state index contributed by atoms with van der Waals surface area (Å²) < 4.78 is 7.38. The highest BCUT2D eigenvalue weighted by atomic mass is 35.5. The van der Waals surface area contributed by atoms with Crippen molar-refractivity contribution in [3.63, 3.8) is 0 Å². The van der Waals surface area contributed by atoms with Crippen LogP contribution in [0.25, 0.3) is 0 Å². The van der Waals surface area contributed by atoms with E-state index in [1.165, 1.54) is 6.42 Å². The Labute approximate surface area is 165 Å². The SMILES string of the molecule is CC(C)n1nccc1NC(=O)[C@@H](C)OC(=O)C12C[C@@H]3C[C@@H](CC(Cl)(C3)C1)C2. The minimum Gasteiger partial charge on any atom is -0.452 e. The van der Waals surface area contributed by atoms with E-state index < -0.39 is 11.5 Å². The maximum atomic E-state index is 13.1. The van der Waals surface area contributed by atoms with E-state index >= 15 is 0 Å². The zero-order chi connectivity index (χ0) is 19.4. The molecule has 4 saturated carbocycles. The number of esters is 1. The second kappa shape index (κ2) is 6.50.